The molecule has 10 heteroatoms. The van der Waals surface area contributed by atoms with Gasteiger partial charge in [0.1, 0.15) is 4.90 Å². The molecule has 3 heterocycles. The number of nitrogens with one attached hydrogen (secondary N) is 1. The van der Waals surface area contributed by atoms with E-state index in [4.69, 9.17) is 5.73 Å². The summed E-state index contributed by atoms with van der Waals surface area (Å²) in [5.41, 5.74) is 7.60. The fourth-order valence-electron chi connectivity index (χ4n) is 3.28. The lowest BCUT2D eigenvalue weighted by Crippen LogP contribution is -2.38. The molecule has 0 radical (unpaired) electrons. The van der Waals surface area contributed by atoms with Crippen LogP contribution in [0.5, 0.6) is 0 Å². The summed E-state index contributed by atoms with van der Waals surface area (Å²) in [6.07, 6.45) is 6.76. The van der Waals surface area contributed by atoms with Crippen molar-refractivity contribution < 1.29 is 13.5 Å². The van der Waals surface area contributed by atoms with Crippen molar-refractivity contribution in [1.82, 2.24) is 24.3 Å². The molecule has 27 heavy (non-hydrogen) atoms. The Hall–Kier alpha value is -2.56. The highest BCUT2D eigenvalue weighted by atomic mass is 32.2. The van der Waals surface area contributed by atoms with Crippen molar-refractivity contribution >= 4 is 21.6 Å². The van der Waals surface area contributed by atoms with E-state index in [1.54, 1.807) is 24.5 Å². The van der Waals surface area contributed by atoms with Gasteiger partial charge < -0.3 is 10.8 Å². The van der Waals surface area contributed by atoms with Crippen molar-refractivity contribution in [3.8, 4) is 11.1 Å². The third-order valence-electron chi connectivity index (χ3n) is 4.72. The summed E-state index contributed by atoms with van der Waals surface area (Å²) in [6, 6.07) is 4.98. The molecule has 0 saturated heterocycles. The zero-order valence-electron chi connectivity index (χ0n) is 14.5. The van der Waals surface area contributed by atoms with Gasteiger partial charge in [-0.1, -0.05) is 0 Å². The predicted molar refractivity (Wildman–Crippen MR) is 99.2 cm³/mol. The Morgan fingerprint density at radius 1 is 1.15 bits per heavy atom. The lowest BCUT2D eigenvalue weighted by atomic mass is 9.94. The van der Waals surface area contributed by atoms with Crippen LogP contribution >= 0.6 is 0 Å². The predicted octanol–water partition coefficient (Wildman–Crippen LogP) is 0.955. The lowest BCUT2D eigenvalue weighted by Gasteiger charge is -2.25. The summed E-state index contributed by atoms with van der Waals surface area (Å²) in [4.78, 5) is 8.26. The van der Waals surface area contributed by atoms with Crippen LogP contribution in [0.1, 0.15) is 25.7 Å². The maximum Gasteiger partial charge on any atom is 0.242 e. The van der Waals surface area contributed by atoms with Crippen LogP contribution in [0.3, 0.4) is 0 Å². The minimum atomic E-state index is -3.70. The quantitative estimate of drug-likeness (QED) is 0.605. The number of hydrogen-bond donors (Lipinski definition) is 3. The topological polar surface area (TPSA) is 136 Å². The van der Waals surface area contributed by atoms with Crippen molar-refractivity contribution in [2.24, 2.45) is 0 Å². The minimum absolute atomic E-state index is 0.101. The van der Waals surface area contributed by atoms with Crippen LogP contribution in [0.15, 0.2) is 41.7 Å². The summed E-state index contributed by atoms with van der Waals surface area (Å²) < 4.78 is 29.7. The average molecular weight is 388 g/mol. The number of aliphatic hydroxyl groups is 1. The van der Waals surface area contributed by atoms with Crippen molar-refractivity contribution in [3.05, 3.63) is 36.8 Å². The van der Waals surface area contributed by atoms with Crippen LogP contribution in [0.4, 0.5) is 5.95 Å². The number of rotatable bonds is 4. The first-order valence-electron chi connectivity index (χ1n) is 8.68. The molecule has 0 bridgehead atoms. The van der Waals surface area contributed by atoms with E-state index in [-0.39, 0.29) is 23.0 Å². The number of nitrogen functional groups attached to an aromatic ring is 1. The number of pyridine rings is 2. The molecule has 4 rings (SSSR count). The first-order chi connectivity index (χ1) is 12.9. The number of nitrogens with two attached hydrogens (primary N) is 1. The van der Waals surface area contributed by atoms with E-state index in [1.165, 1.54) is 10.7 Å². The molecule has 142 valence electrons. The van der Waals surface area contributed by atoms with Crippen molar-refractivity contribution in [3.63, 3.8) is 0 Å². The summed E-state index contributed by atoms with van der Waals surface area (Å²) in [5, 5.41) is 13.6. The van der Waals surface area contributed by atoms with Crippen LogP contribution in [0.2, 0.25) is 0 Å². The Bertz CT molecular complexity index is 1070. The maximum atomic E-state index is 12.7. The molecule has 0 aliphatic heterocycles. The standard InChI is InChI=1S/C17H20N6O3S/c18-17-20-16-6-1-11(10-23(16)21-17)12-7-15(9-19-8-12)27(25,26)22-13-2-4-14(24)5-3-13/h1,6-10,13-14,22,24H,2-5H2,(H2,18,21). The van der Waals surface area contributed by atoms with E-state index in [1.807, 2.05) is 6.07 Å². The minimum Gasteiger partial charge on any atom is -0.393 e. The SMILES string of the molecule is Nc1nc2ccc(-c3cncc(S(=O)(=O)NC4CCC(O)CC4)c3)cn2n1. The third-order valence-corrected chi connectivity index (χ3v) is 6.21. The molecule has 1 aliphatic rings. The first kappa shape index (κ1) is 17.8. The van der Waals surface area contributed by atoms with Crippen LogP contribution in [0, 0.1) is 0 Å². The van der Waals surface area contributed by atoms with E-state index in [0.717, 1.165) is 5.56 Å². The normalized spacial score (nSPS) is 20.8. The second kappa shape index (κ2) is 6.87. The van der Waals surface area contributed by atoms with Gasteiger partial charge in [-0.05, 0) is 43.9 Å². The molecular formula is C17H20N6O3S. The number of anilines is 1. The molecule has 3 aromatic heterocycles. The van der Waals surface area contributed by atoms with E-state index in [0.29, 0.717) is 36.9 Å². The number of aliphatic hydroxyl groups excluding tert-OH is 1. The van der Waals surface area contributed by atoms with Gasteiger partial charge in [0.2, 0.25) is 16.0 Å². The number of fused-ring (bicyclic) bond motifs is 1. The van der Waals surface area contributed by atoms with Gasteiger partial charge in [0, 0.05) is 35.8 Å². The molecule has 9 nitrogen and oxygen atoms in total. The number of hydrogen-bond acceptors (Lipinski definition) is 7. The maximum absolute atomic E-state index is 12.7. The second-order valence-corrected chi connectivity index (χ2v) is 8.44. The number of sulfonamides is 1. The second-order valence-electron chi connectivity index (χ2n) is 6.73. The van der Waals surface area contributed by atoms with Crippen molar-refractivity contribution in [2.45, 2.75) is 42.7 Å². The summed E-state index contributed by atoms with van der Waals surface area (Å²) >= 11 is 0. The molecule has 3 aromatic rings. The molecule has 1 saturated carbocycles. The van der Waals surface area contributed by atoms with Gasteiger partial charge in [0.25, 0.3) is 0 Å². The van der Waals surface area contributed by atoms with Crippen molar-refractivity contribution in [1.29, 1.82) is 0 Å². The van der Waals surface area contributed by atoms with Gasteiger partial charge >= 0.3 is 0 Å². The fourth-order valence-corrected chi connectivity index (χ4v) is 4.57. The molecular weight excluding hydrogens is 368 g/mol. The van der Waals surface area contributed by atoms with E-state index >= 15 is 0 Å². The smallest absolute Gasteiger partial charge is 0.242 e. The highest BCUT2D eigenvalue weighted by molar-refractivity contribution is 7.89. The molecule has 4 N–H and O–H groups in total. The van der Waals surface area contributed by atoms with Crippen LogP contribution < -0.4 is 10.5 Å². The molecule has 0 spiro atoms. The summed E-state index contributed by atoms with van der Waals surface area (Å²) in [5.74, 6) is 0.170. The van der Waals surface area contributed by atoms with Gasteiger partial charge in [-0.15, -0.1) is 5.10 Å². The van der Waals surface area contributed by atoms with E-state index < -0.39 is 10.0 Å². The molecule has 1 fully saturated rings. The van der Waals surface area contributed by atoms with Crippen LogP contribution in [0.25, 0.3) is 16.8 Å². The number of aromatic nitrogens is 4. The Balaban J connectivity index is 1.60. The van der Waals surface area contributed by atoms with Gasteiger partial charge in [-0.2, -0.15) is 4.98 Å². The zero-order chi connectivity index (χ0) is 19.0. The average Bonchev–Trinajstić information content (AvgIpc) is 3.03. The highest BCUT2D eigenvalue weighted by Gasteiger charge is 2.25. The first-order valence-corrected chi connectivity index (χ1v) is 10.2. The fraction of sp³-hybridized carbons (Fsp3) is 0.353. The van der Waals surface area contributed by atoms with E-state index in [9.17, 15) is 13.5 Å². The van der Waals surface area contributed by atoms with Gasteiger partial charge in [-0.25, -0.2) is 17.7 Å². The largest absolute Gasteiger partial charge is 0.393 e. The van der Waals surface area contributed by atoms with Gasteiger partial charge in [-0.3, -0.25) is 4.98 Å². The van der Waals surface area contributed by atoms with Gasteiger partial charge in [0.05, 0.1) is 6.10 Å². The number of nitrogens with zero attached hydrogens (tertiary/aromatic N) is 4. The summed E-state index contributed by atoms with van der Waals surface area (Å²) in [6.45, 7) is 0. The van der Waals surface area contributed by atoms with Crippen molar-refractivity contribution in [2.75, 3.05) is 5.73 Å². The summed E-state index contributed by atoms with van der Waals surface area (Å²) in [7, 11) is -3.70. The molecule has 0 amide bonds. The third kappa shape index (κ3) is 3.77. The van der Waals surface area contributed by atoms with Crippen LogP contribution in [-0.4, -0.2) is 45.3 Å². The Morgan fingerprint density at radius 3 is 2.70 bits per heavy atom. The molecule has 1 aliphatic carbocycles. The highest BCUT2D eigenvalue weighted by Crippen LogP contribution is 2.24. The van der Waals surface area contributed by atoms with Crippen LogP contribution in [-0.2, 0) is 10.0 Å². The molecule has 0 atom stereocenters. The Labute approximate surface area is 156 Å². The zero-order valence-corrected chi connectivity index (χ0v) is 15.3. The molecule has 0 unspecified atom stereocenters. The molecule has 0 aromatic carbocycles. The Morgan fingerprint density at radius 2 is 1.93 bits per heavy atom. The lowest BCUT2D eigenvalue weighted by molar-refractivity contribution is 0.120. The van der Waals surface area contributed by atoms with Gasteiger partial charge in [0.15, 0.2) is 5.65 Å². The Kier molecular flexibility index (Phi) is 4.54. The monoisotopic (exact) mass is 388 g/mol. The van der Waals surface area contributed by atoms with E-state index in [2.05, 4.69) is 19.8 Å².